The van der Waals surface area contributed by atoms with Crippen LogP contribution in [-0.2, 0) is 14.6 Å². The smallest absolute Gasteiger partial charge is 0.175 e. The van der Waals surface area contributed by atoms with Gasteiger partial charge in [-0.25, -0.2) is 17.2 Å². The van der Waals surface area contributed by atoms with E-state index in [1.807, 2.05) is 0 Å². The van der Waals surface area contributed by atoms with Crippen LogP contribution in [0.2, 0.25) is 0 Å². The Hall–Kier alpha value is -2.08. The molecule has 0 fully saturated rings. The molecule has 2 aromatic carbocycles. The number of carbonyl (C=O) groups is 1. The van der Waals surface area contributed by atoms with E-state index in [0.717, 1.165) is 12.3 Å². The van der Waals surface area contributed by atoms with Crippen LogP contribution in [0.3, 0.4) is 0 Å². The zero-order chi connectivity index (χ0) is 16.3. The molecular weight excluding hydrogens is 310 g/mol. The molecule has 2 rings (SSSR count). The number of aldehydes is 1. The molecule has 0 saturated heterocycles. The molecule has 6 heteroatoms. The van der Waals surface area contributed by atoms with Crippen LogP contribution < -0.4 is 0 Å². The molecule has 22 heavy (non-hydrogen) atoms. The molecule has 0 N–H and O–H groups in total. The maximum Gasteiger partial charge on any atom is 0.175 e. The second-order valence-electron chi connectivity index (χ2n) is 5.00. The lowest BCUT2D eigenvalue weighted by Gasteiger charge is -2.16. The first-order chi connectivity index (χ1) is 10.3. The molecule has 0 aliphatic rings. The lowest BCUT2D eigenvalue weighted by Crippen LogP contribution is -2.04. The van der Waals surface area contributed by atoms with Crippen molar-refractivity contribution in [1.29, 1.82) is 0 Å². The molecule has 0 aromatic heterocycles. The Labute approximate surface area is 127 Å². The van der Waals surface area contributed by atoms with E-state index in [2.05, 4.69) is 0 Å². The Kier molecular flexibility index (Phi) is 4.71. The summed E-state index contributed by atoms with van der Waals surface area (Å²) < 4.78 is 49.6. The van der Waals surface area contributed by atoms with Crippen LogP contribution >= 0.6 is 0 Å². The van der Waals surface area contributed by atoms with E-state index in [1.165, 1.54) is 24.3 Å². The molecule has 0 aliphatic heterocycles. The molecule has 0 aliphatic carbocycles. The van der Waals surface area contributed by atoms with Crippen LogP contribution in [0.15, 0.2) is 47.4 Å². The number of sulfone groups is 1. The highest BCUT2D eigenvalue weighted by atomic mass is 32.2. The van der Waals surface area contributed by atoms with E-state index >= 15 is 0 Å². The number of halogens is 2. The monoisotopic (exact) mass is 324 g/mol. The first-order valence-electron chi connectivity index (χ1n) is 6.51. The second-order valence-corrected chi connectivity index (χ2v) is 7.01. The van der Waals surface area contributed by atoms with Crippen LogP contribution in [0.25, 0.3) is 0 Å². The van der Waals surface area contributed by atoms with Crippen molar-refractivity contribution in [3.05, 3.63) is 65.2 Å². The largest absolute Gasteiger partial charge is 0.303 e. The lowest BCUT2D eigenvalue weighted by molar-refractivity contribution is -0.108. The van der Waals surface area contributed by atoms with Gasteiger partial charge in [-0.05, 0) is 35.4 Å². The van der Waals surface area contributed by atoms with Crippen molar-refractivity contribution in [2.75, 3.05) is 6.26 Å². The first-order valence-corrected chi connectivity index (χ1v) is 8.40. The molecule has 0 heterocycles. The summed E-state index contributed by atoms with van der Waals surface area (Å²) in [6, 6.07) is 9.02. The fourth-order valence-corrected chi connectivity index (χ4v) is 2.91. The van der Waals surface area contributed by atoms with Crippen molar-refractivity contribution < 1.29 is 22.0 Å². The number of hydrogen-bond acceptors (Lipinski definition) is 3. The predicted octanol–water partition coefficient (Wildman–Crippen LogP) is 3.09. The summed E-state index contributed by atoms with van der Waals surface area (Å²) in [5.41, 5.74) is 0.946. The summed E-state index contributed by atoms with van der Waals surface area (Å²) in [7, 11) is -3.33. The van der Waals surface area contributed by atoms with Crippen molar-refractivity contribution in [3.63, 3.8) is 0 Å². The summed E-state index contributed by atoms with van der Waals surface area (Å²) >= 11 is 0. The number of benzene rings is 2. The SMILES string of the molecule is CS(=O)(=O)c1ccc([C@@H](CC=O)c2cc(F)cc(F)c2)cc1. The van der Waals surface area contributed by atoms with Crippen molar-refractivity contribution >= 4 is 16.1 Å². The Bertz CT molecular complexity index is 763. The van der Waals surface area contributed by atoms with Gasteiger partial charge < -0.3 is 4.79 Å². The quantitative estimate of drug-likeness (QED) is 0.794. The highest BCUT2D eigenvalue weighted by Gasteiger charge is 2.17. The van der Waals surface area contributed by atoms with E-state index < -0.39 is 27.4 Å². The van der Waals surface area contributed by atoms with Gasteiger partial charge in [-0.3, -0.25) is 0 Å². The van der Waals surface area contributed by atoms with Gasteiger partial charge in [0.15, 0.2) is 9.84 Å². The highest BCUT2D eigenvalue weighted by Crippen LogP contribution is 2.29. The molecule has 2 aromatic rings. The molecule has 0 spiro atoms. The van der Waals surface area contributed by atoms with Gasteiger partial charge in [-0.2, -0.15) is 0 Å². The minimum Gasteiger partial charge on any atom is -0.303 e. The fourth-order valence-electron chi connectivity index (χ4n) is 2.28. The van der Waals surface area contributed by atoms with E-state index in [-0.39, 0.29) is 11.3 Å². The number of carbonyl (C=O) groups excluding carboxylic acids is 1. The van der Waals surface area contributed by atoms with Crippen molar-refractivity contribution in [3.8, 4) is 0 Å². The van der Waals surface area contributed by atoms with Crippen LogP contribution in [0.1, 0.15) is 23.5 Å². The Morgan fingerprint density at radius 1 is 1.00 bits per heavy atom. The Morgan fingerprint density at radius 3 is 2.00 bits per heavy atom. The average molecular weight is 324 g/mol. The third-order valence-electron chi connectivity index (χ3n) is 3.33. The van der Waals surface area contributed by atoms with E-state index in [1.54, 1.807) is 12.1 Å². The predicted molar refractivity (Wildman–Crippen MR) is 78.4 cm³/mol. The molecule has 3 nitrogen and oxygen atoms in total. The van der Waals surface area contributed by atoms with Crippen LogP contribution in [0, 0.1) is 11.6 Å². The van der Waals surface area contributed by atoms with Crippen LogP contribution in [0.4, 0.5) is 8.78 Å². The van der Waals surface area contributed by atoms with Crippen molar-refractivity contribution in [2.24, 2.45) is 0 Å². The normalized spacial score (nSPS) is 12.9. The zero-order valence-corrected chi connectivity index (χ0v) is 12.6. The minimum atomic E-state index is -3.33. The number of rotatable bonds is 5. The van der Waals surface area contributed by atoms with Gasteiger partial charge in [-0.1, -0.05) is 12.1 Å². The van der Waals surface area contributed by atoms with Crippen LogP contribution in [-0.4, -0.2) is 21.0 Å². The maximum absolute atomic E-state index is 13.4. The van der Waals surface area contributed by atoms with Gasteiger partial charge in [0.25, 0.3) is 0 Å². The Morgan fingerprint density at radius 2 is 1.55 bits per heavy atom. The van der Waals surface area contributed by atoms with Crippen molar-refractivity contribution in [2.45, 2.75) is 17.2 Å². The summed E-state index contributed by atoms with van der Waals surface area (Å²) in [5, 5.41) is 0. The molecule has 1 atom stereocenters. The molecule has 0 bridgehead atoms. The topological polar surface area (TPSA) is 51.2 Å². The van der Waals surface area contributed by atoms with E-state index in [9.17, 15) is 22.0 Å². The molecule has 0 amide bonds. The summed E-state index contributed by atoms with van der Waals surface area (Å²) in [4.78, 5) is 11.0. The van der Waals surface area contributed by atoms with Gasteiger partial charge in [0.05, 0.1) is 4.90 Å². The average Bonchev–Trinajstić information content (AvgIpc) is 2.43. The van der Waals surface area contributed by atoms with Gasteiger partial charge >= 0.3 is 0 Å². The molecule has 116 valence electrons. The number of hydrogen-bond donors (Lipinski definition) is 0. The van der Waals surface area contributed by atoms with Gasteiger partial charge in [0.2, 0.25) is 0 Å². The maximum atomic E-state index is 13.4. The van der Waals surface area contributed by atoms with E-state index in [4.69, 9.17) is 0 Å². The van der Waals surface area contributed by atoms with E-state index in [0.29, 0.717) is 17.4 Å². The van der Waals surface area contributed by atoms with Gasteiger partial charge in [0.1, 0.15) is 17.9 Å². The fraction of sp³-hybridized carbons (Fsp3) is 0.188. The minimum absolute atomic E-state index is 0.0428. The summed E-state index contributed by atoms with van der Waals surface area (Å²) in [6.45, 7) is 0. The van der Waals surface area contributed by atoms with Gasteiger partial charge in [-0.15, -0.1) is 0 Å². The lowest BCUT2D eigenvalue weighted by atomic mass is 9.89. The summed E-state index contributed by atoms with van der Waals surface area (Å²) in [6.07, 6.45) is 1.80. The highest BCUT2D eigenvalue weighted by molar-refractivity contribution is 7.90. The standard InChI is InChI=1S/C16H14F2O3S/c1-22(20,21)15-4-2-11(3-5-15)16(6-7-19)12-8-13(17)10-14(18)9-12/h2-5,7-10,16H,6H2,1H3/t16-/m1/s1. The van der Waals surface area contributed by atoms with Gasteiger partial charge in [0, 0.05) is 24.7 Å². The third-order valence-corrected chi connectivity index (χ3v) is 4.46. The van der Waals surface area contributed by atoms with Crippen LogP contribution in [0.5, 0.6) is 0 Å². The molecular formula is C16H14F2O3S. The third kappa shape index (κ3) is 3.76. The van der Waals surface area contributed by atoms with Crippen molar-refractivity contribution in [1.82, 2.24) is 0 Å². The Balaban J connectivity index is 2.45. The second kappa shape index (κ2) is 6.36. The molecule has 0 saturated carbocycles. The molecule has 0 unspecified atom stereocenters. The zero-order valence-electron chi connectivity index (χ0n) is 11.8. The first kappa shape index (κ1) is 16.3. The molecule has 0 radical (unpaired) electrons. The summed E-state index contributed by atoms with van der Waals surface area (Å²) in [5.74, 6) is -1.98.